The zero-order chi connectivity index (χ0) is 23.2. The van der Waals surface area contributed by atoms with Crippen LogP contribution in [0.3, 0.4) is 0 Å². The van der Waals surface area contributed by atoms with Crippen molar-refractivity contribution in [3.05, 3.63) is 36.4 Å². The van der Waals surface area contributed by atoms with E-state index in [9.17, 15) is 9.59 Å². The standard InChI is InChI=1S/C24H29N3O6/c1-30-19-5-3-17(13-21(19)31-2)25-23(28)15-27-9-7-16(8-10-27)24(29)26-18-4-6-20-22(14-18)33-12-11-32-20/h3-6,13-14,16H,7-12,15H2,1-2H3,(H,25,28)(H,26,29). The van der Waals surface area contributed by atoms with Gasteiger partial charge in [-0.05, 0) is 50.2 Å². The van der Waals surface area contributed by atoms with Gasteiger partial charge in [0.05, 0.1) is 20.8 Å². The first kappa shape index (κ1) is 22.7. The second kappa shape index (κ2) is 10.4. The molecule has 2 heterocycles. The van der Waals surface area contributed by atoms with Crippen molar-refractivity contribution >= 4 is 23.2 Å². The van der Waals surface area contributed by atoms with Crippen molar-refractivity contribution in [2.45, 2.75) is 12.8 Å². The summed E-state index contributed by atoms with van der Waals surface area (Å²) in [5, 5.41) is 5.87. The molecule has 2 aliphatic rings. The van der Waals surface area contributed by atoms with Crippen molar-refractivity contribution in [3.8, 4) is 23.0 Å². The number of nitrogens with zero attached hydrogens (tertiary/aromatic N) is 1. The summed E-state index contributed by atoms with van der Waals surface area (Å²) < 4.78 is 21.6. The van der Waals surface area contributed by atoms with E-state index in [4.69, 9.17) is 18.9 Å². The number of nitrogens with one attached hydrogen (secondary N) is 2. The number of hydrogen-bond acceptors (Lipinski definition) is 7. The zero-order valence-corrected chi connectivity index (χ0v) is 18.9. The van der Waals surface area contributed by atoms with Crippen molar-refractivity contribution < 1.29 is 28.5 Å². The van der Waals surface area contributed by atoms with E-state index in [1.807, 2.05) is 12.1 Å². The first-order chi connectivity index (χ1) is 16.1. The van der Waals surface area contributed by atoms with Gasteiger partial charge in [0.2, 0.25) is 11.8 Å². The van der Waals surface area contributed by atoms with Crippen LogP contribution in [0.4, 0.5) is 11.4 Å². The number of benzene rings is 2. The minimum absolute atomic E-state index is 0.0129. The first-order valence-corrected chi connectivity index (χ1v) is 11.0. The number of methoxy groups -OCH3 is 2. The Hall–Kier alpha value is -3.46. The van der Waals surface area contributed by atoms with Gasteiger partial charge in [-0.2, -0.15) is 0 Å². The fourth-order valence-electron chi connectivity index (χ4n) is 4.04. The highest BCUT2D eigenvalue weighted by atomic mass is 16.6. The zero-order valence-electron chi connectivity index (χ0n) is 18.9. The maximum absolute atomic E-state index is 12.7. The lowest BCUT2D eigenvalue weighted by atomic mass is 9.95. The topological polar surface area (TPSA) is 98.4 Å². The van der Waals surface area contributed by atoms with E-state index in [2.05, 4.69) is 15.5 Å². The lowest BCUT2D eigenvalue weighted by Crippen LogP contribution is -2.41. The van der Waals surface area contributed by atoms with Gasteiger partial charge in [-0.15, -0.1) is 0 Å². The number of carbonyl (C=O) groups excluding carboxylic acids is 2. The molecule has 1 fully saturated rings. The summed E-state index contributed by atoms with van der Waals surface area (Å²) >= 11 is 0. The molecule has 0 aromatic heterocycles. The van der Waals surface area contributed by atoms with Crippen LogP contribution < -0.4 is 29.6 Å². The molecule has 0 unspecified atom stereocenters. The van der Waals surface area contributed by atoms with Gasteiger partial charge >= 0.3 is 0 Å². The molecule has 2 aromatic carbocycles. The molecule has 0 spiro atoms. The number of likely N-dealkylation sites (tertiary alicyclic amines) is 1. The van der Waals surface area contributed by atoms with E-state index in [1.54, 1.807) is 38.5 Å². The smallest absolute Gasteiger partial charge is 0.238 e. The number of rotatable bonds is 7. The molecule has 2 aromatic rings. The first-order valence-electron chi connectivity index (χ1n) is 11.0. The fraction of sp³-hybridized carbons (Fsp3) is 0.417. The Bertz CT molecular complexity index is 1000. The van der Waals surface area contributed by atoms with Crippen LogP contribution in [0.15, 0.2) is 36.4 Å². The van der Waals surface area contributed by atoms with Crippen molar-refractivity contribution in [2.75, 3.05) is 57.7 Å². The van der Waals surface area contributed by atoms with Crippen LogP contribution in [0.5, 0.6) is 23.0 Å². The molecular formula is C24H29N3O6. The maximum Gasteiger partial charge on any atom is 0.238 e. The quantitative estimate of drug-likeness (QED) is 0.662. The largest absolute Gasteiger partial charge is 0.493 e. The number of anilines is 2. The lowest BCUT2D eigenvalue weighted by Gasteiger charge is -2.30. The van der Waals surface area contributed by atoms with E-state index in [0.717, 1.165) is 0 Å². The molecule has 33 heavy (non-hydrogen) atoms. The van der Waals surface area contributed by atoms with Gasteiger partial charge in [0.25, 0.3) is 0 Å². The molecule has 9 nitrogen and oxygen atoms in total. The predicted molar refractivity (Wildman–Crippen MR) is 123 cm³/mol. The van der Waals surface area contributed by atoms with Crippen LogP contribution in [0, 0.1) is 5.92 Å². The molecule has 0 atom stereocenters. The minimum atomic E-state index is -0.110. The molecule has 9 heteroatoms. The van der Waals surface area contributed by atoms with Crippen LogP contribution >= 0.6 is 0 Å². The van der Waals surface area contributed by atoms with E-state index in [1.165, 1.54) is 0 Å². The average molecular weight is 456 g/mol. The summed E-state index contributed by atoms with van der Waals surface area (Å²) in [6.45, 7) is 2.66. The fourth-order valence-corrected chi connectivity index (χ4v) is 4.04. The van der Waals surface area contributed by atoms with Gasteiger partial charge in [-0.3, -0.25) is 14.5 Å². The summed E-state index contributed by atoms with van der Waals surface area (Å²) in [5.74, 6) is 2.28. The number of hydrogen-bond donors (Lipinski definition) is 2. The third-order valence-corrected chi connectivity index (χ3v) is 5.80. The second-order valence-electron chi connectivity index (χ2n) is 8.02. The van der Waals surface area contributed by atoms with Gasteiger partial charge in [0.15, 0.2) is 23.0 Å². The predicted octanol–water partition coefficient (Wildman–Crippen LogP) is 2.76. The Morgan fingerprint density at radius 3 is 2.30 bits per heavy atom. The van der Waals surface area contributed by atoms with Crippen LogP contribution in [-0.4, -0.2) is 63.8 Å². The van der Waals surface area contributed by atoms with E-state index in [0.29, 0.717) is 73.5 Å². The molecule has 0 saturated carbocycles. The van der Waals surface area contributed by atoms with E-state index < -0.39 is 0 Å². The summed E-state index contributed by atoms with van der Waals surface area (Å²) in [7, 11) is 3.12. The Morgan fingerprint density at radius 2 is 1.58 bits per heavy atom. The highest BCUT2D eigenvalue weighted by Gasteiger charge is 2.26. The van der Waals surface area contributed by atoms with Gasteiger partial charge < -0.3 is 29.6 Å². The summed E-state index contributed by atoms with van der Waals surface area (Å²) in [5.41, 5.74) is 1.34. The third kappa shape index (κ3) is 5.67. The number of ether oxygens (including phenoxy) is 4. The SMILES string of the molecule is COc1ccc(NC(=O)CN2CCC(C(=O)Nc3ccc4c(c3)OCCO4)CC2)cc1OC. The number of piperidine rings is 1. The Labute approximate surface area is 192 Å². The van der Waals surface area contributed by atoms with Crippen molar-refractivity contribution in [3.63, 3.8) is 0 Å². The van der Waals surface area contributed by atoms with Crippen LogP contribution in [0.1, 0.15) is 12.8 Å². The Kier molecular flexibility index (Phi) is 7.19. The average Bonchev–Trinajstić information content (AvgIpc) is 2.84. The summed E-state index contributed by atoms with van der Waals surface area (Å²) in [4.78, 5) is 27.3. The maximum atomic E-state index is 12.7. The van der Waals surface area contributed by atoms with Crippen LogP contribution in [0.2, 0.25) is 0 Å². The van der Waals surface area contributed by atoms with Crippen molar-refractivity contribution in [2.24, 2.45) is 5.92 Å². The van der Waals surface area contributed by atoms with Crippen LogP contribution in [0.25, 0.3) is 0 Å². The molecule has 2 N–H and O–H groups in total. The molecule has 176 valence electrons. The molecule has 2 amide bonds. The second-order valence-corrected chi connectivity index (χ2v) is 8.02. The highest BCUT2D eigenvalue weighted by Crippen LogP contribution is 2.33. The third-order valence-electron chi connectivity index (χ3n) is 5.80. The van der Waals surface area contributed by atoms with E-state index >= 15 is 0 Å². The monoisotopic (exact) mass is 455 g/mol. The highest BCUT2D eigenvalue weighted by molar-refractivity contribution is 5.93. The Balaban J connectivity index is 1.24. The minimum Gasteiger partial charge on any atom is -0.493 e. The van der Waals surface area contributed by atoms with Crippen molar-refractivity contribution in [1.82, 2.24) is 4.90 Å². The van der Waals surface area contributed by atoms with Crippen molar-refractivity contribution in [1.29, 1.82) is 0 Å². The molecular weight excluding hydrogens is 426 g/mol. The normalized spacial score (nSPS) is 16.1. The van der Waals surface area contributed by atoms with Gasteiger partial charge in [-0.1, -0.05) is 0 Å². The Morgan fingerprint density at radius 1 is 0.909 bits per heavy atom. The molecule has 0 bridgehead atoms. The lowest BCUT2D eigenvalue weighted by molar-refractivity contribution is -0.121. The summed E-state index contributed by atoms with van der Waals surface area (Å²) in [6, 6.07) is 10.7. The summed E-state index contributed by atoms with van der Waals surface area (Å²) in [6.07, 6.45) is 1.39. The number of amides is 2. The van der Waals surface area contributed by atoms with Gasteiger partial charge in [0.1, 0.15) is 13.2 Å². The van der Waals surface area contributed by atoms with Gasteiger partial charge in [0, 0.05) is 29.4 Å². The number of fused-ring (bicyclic) bond motifs is 1. The van der Waals surface area contributed by atoms with Crippen LogP contribution in [-0.2, 0) is 9.59 Å². The molecule has 2 aliphatic heterocycles. The molecule has 4 rings (SSSR count). The number of carbonyl (C=O) groups is 2. The molecule has 0 radical (unpaired) electrons. The molecule has 1 saturated heterocycles. The van der Waals surface area contributed by atoms with E-state index in [-0.39, 0.29) is 24.3 Å². The van der Waals surface area contributed by atoms with Gasteiger partial charge in [-0.25, -0.2) is 0 Å². The molecule has 0 aliphatic carbocycles.